The van der Waals surface area contributed by atoms with Crippen LogP contribution in [0.1, 0.15) is 38.3 Å². The maximum Gasteiger partial charge on any atom is 0.123 e. The Kier molecular flexibility index (Phi) is 5.38. The average Bonchev–Trinajstić information content (AvgIpc) is 2.93. The van der Waals surface area contributed by atoms with Gasteiger partial charge in [-0.05, 0) is 50.1 Å². The first-order chi connectivity index (χ1) is 9.65. The molecule has 1 saturated heterocycles. The van der Waals surface area contributed by atoms with Crippen LogP contribution in [0.2, 0.25) is 0 Å². The van der Waals surface area contributed by atoms with Crippen LogP contribution in [0.5, 0.6) is 0 Å². The Morgan fingerprint density at radius 2 is 2.30 bits per heavy atom. The van der Waals surface area contributed by atoms with E-state index >= 15 is 0 Å². The van der Waals surface area contributed by atoms with Crippen LogP contribution >= 0.6 is 0 Å². The fraction of sp³-hybridized carbons (Fsp3) is 0.625. The van der Waals surface area contributed by atoms with Crippen molar-refractivity contribution in [1.29, 1.82) is 0 Å². The molecule has 3 nitrogen and oxygen atoms in total. The molecule has 0 radical (unpaired) electrons. The zero-order chi connectivity index (χ0) is 14.5. The number of anilines is 1. The van der Waals surface area contributed by atoms with Gasteiger partial charge in [-0.15, -0.1) is 0 Å². The van der Waals surface area contributed by atoms with E-state index in [0.29, 0.717) is 0 Å². The highest BCUT2D eigenvalue weighted by Gasteiger charge is 2.25. The third kappa shape index (κ3) is 3.49. The SMILES string of the molecule is CCCNC(C)c1cc(F)ccc1N1CCC(OC)C1. The molecule has 1 N–H and O–H groups in total. The molecule has 2 unspecified atom stereocenters. The lowest BCUT2D eigenvalue weighted by Gasteiger charge is -2.25. The van der Waals surface area contributed by atoms with E-state index in [9.17, 15) is 4.39 Å². The van der Waals surface area contributed by atoms with Crippen LogP contribution in [0.3, 0.4) is 0 Å². The summed E-state index contributed by atoms with van der Waals surface area (Å²) in [5.41, 5.74) is 2.16. The molecule has 4 heteroatoms. The Hall–Kier alpha value is -1.13. The van der Waals surface area contributed by atoms with Gasteiger partial charge in [0.05, 0.1) is 6.10 Å². The van der Waals surface area contributed by atoms with Crippen molar-refractivity contribution < 1.29 is 9.13 Å². The first-order valence-corrected chi connectivity index (χ1v) is 7.46. The molecular weight excluding hydrogens is 255 g/mol. The van der Waals surface area contributed by atoms with Crippen molar-refractivity contribution in [2.75, 3.05) is 31.6 Å². The predicted octanol–water partition coefficient (Wildman–Crippen LogP) is 3.11. The summed E-state index contributed by atoms with van der Waals surface area (Å²) in [5, 5.41) is 3.44. The van der Waals surface area contributed by atoms with E-state index < -0.39 is 0 Å². The largest absolute Gasteiger partial charge is 0.380 e. The van der Waals surface area contributed by atoms with Gasteiger partial charge >= 0.3 is 0 Å². The standard InChI is InChI=1S/C16H25FN2O/c1-4-8-18-12(2)15-10-13(17)5-6-16(15)19-9-7-14(11-19)20-3/h5-6,10,12,14,18H,4,7-9,11H2,1-3H3. The lowest BCUT2D eigenvalue weighted by atomic mass is 10.0. The molecular formula is C16H25FN2O. The number of hydrogen-bond acceptors (Lipinski definition) is 3. The van der Waals surface area contributed by atoms with Crippen LogP contribution in [0.25, 0.3) is 0 Å². The quantitative estimate of drug-likeness (QED) is 0.866. The molecule has 2 atom stereocenters. The molecule has 0 aliphatic carbocycles. The Labute approximate surface area is 121 Å². The summed E-state index contributed by atoms with van der Waals surface area (Å²) >= 11 is 0. The molecule has 112 valence electrons. The van der Waals surface area contributed by atoms with E-state index in [2.05, 4.69) is 24.1 Å². The summed E-state index contributed by atoms with van der Waals surface area (Å²) in [7, 11) is 1.76. The third-order valence-corrected chi connectivity index (χ3v) is 3.98. The normalized spacial score (nSPS) is 20.4. The molecule has 0 bridgehead atoms. The highest BCUT2D eigenvalue weighted by molar-refractivity contribution is 5.56. The number of ether oxygens (including phenoxy) is 1. The maximum atomic E-state index is 13.6. The minimum atomic E-state index is -0.170. The lowest BCUT2D eigenvalue weighted by molar-refractivity contribution is 0.121. The third-order valence-electron chi connectivity index (χ3n) is 3.98. The van der Waals surface area contributed by atoms with Gasteiger partial charge in [-0.25, -0.2) is 4.39 Å². The molecule has 0 saturated carbocycles. The number of halogens is 1. The number of rotatable bonds is 6. The molecule has 1 heterocycles. The predicted molar refractivity (Wildman–Crippen MR) is 80.7 cm³/mol. The fourth-order valence-electron chi connectivity index (χ4n) is 2.77. The number of benzene rings is 1. The van der Waals surface area contributed by atoms with Crippen molar-refractivity contribution in [3.8, 4) is 0 Å². The van der Waals surface area contributed by atoms with Crippen molar-refractivity contribution in [3.05, 3.63) is 29.6 Å². The molecule has 1 aliphatic rings. The summed E-state index contributed by atoms with van der Waals surface area (Å²) < 4.78 is 19.0. The van der Waals surface area contributed by atoms with Crippen molar-refractivity contribution in [2.24, 2.45) is 0 Å². The zero-order valence-corrected chi connectivity index (χ0v) is 12.7. The minimum Gasteiger partial charge on any atom is -0.380 e. The van der Waals surface area contributed by atoms with Crippen molar-refractivity contribution in [1.82, 2.24) is 5.32 Å². The van der Waals surface area contributed by atoms with Gasteiger partial charge in [0.1, 0.15) is 5.82 Å². The van der Waals surface area contributed by atoms with Crippen LogP contribution < -0.4 is 10.2 Å². The van der Waals surface area contributed by atoms with Crippen LogP contribution in [0.15, 0.2) is 18.2 Å². The highest BCUT2D eigenvalue weighted by atomic mass is 19.1. The second kappa shape index (κ2) is 7.04. The van der Waals surface area contributed by atoms with E-state index in [1.165, 1.54) is 0 Å². The molecule has 0 amide bonds. The molecule has 1 aromatic carbocycles. The maximum absolute atomic E-state index is 13.6. The number of methoxy groups -OCH3 is 1. The number of nitrogens with one attached hydrogen (secondary N) is 1. The van der Waals surface area contributed by atoms with Crippen LogP contribution in [-0.4, -0.2) is 32.8 Å². The van der Waals surface area contributed by atoms with Crippen molar-refractivity contribution in [2.45, 2.75) is 38.8 Å². The minimum absolute atomic E-state index is 0.155. The first kappa shape index (κ1) is 15.3. The van der Waals surface area contributed by atoms with Crippen molar-refractivity contribution >= 4 is 5.69 Å². The summed E-state index contributed by atoms with van der Waals surface area (Å²) in [6.45, 7) is 7.03. The highest BCUT2D eigenvalue weighted by Crippen LogP contribution is 2.30. The zero-order valence-electron chi connectivity index (χ0n) is 12.7. The van der Waals surface area contributed by atoms with Crippen molar-refractivity contribution in [3.63, 3.8) is 0 Å². The molecule has 1 aromatic rings. The summed E-state index contributed by atoms with van der Waals surface area (Å²) in [6, 6.07) is 5.25. The lowest BCUT2D eigenvalue weighted by Crippen LogP contribution is -2.26. The monoisotopic (exact) mass is 280 g/mol. The van der Waals surface area contributed by atoms with Gasteiger partial charge in [0.25, 0.3) is 0 Å². The van der Waals surface area contributed by atoms with Crippen LogP contribution in [0.4, 0.5) is 10.1 Å². The second-order valence-corrected chi connectivity index (χ2v) is 5.47. The van der Waals surface area contributed by atoms with Gasteiger partial charge in [0.15, 0.2) is 0 Å². The Morgan fingerprint density at radius 3 is 2.95 bits per heavy atom. The molecule has 1 fully saturated rings. The Morgan fingerprint density at radius 1 is 1.50 bits per heavy atom. The van der Waals surface area contributed by atoms with Gasteiger partial charge in [-0.1, -0.05) is 6.92 Å². The molecule has 2 rings (SSSR count). The first-order valence-electron chi connectivity index (χ1n) is 7.46. The summed E-state index contributed by atoms with van der Waals surface area (Å²) in [5.74, 6) is -0.170. The summed E-state index contributed by atoms with van der Waals surface area (Å²) in [4.78, 5) is 2.30. The summed E-state index contributed by atoms with van der Waals surface area (Å²) in [6.07, 6.45) is 2.39. The van der Waals surface area contributed by atoms with Crippen LogP contribution in [-0.2, 0) is 4.74 Å². The van der Waals surface area contributed by atoms with Gasteiger partial charge in [-0.3, -0.25) is 0 Å². The van der Waals surface area contributed by atoms with E-state index in [0.717, 1.165) is 43.7 Å². The fourth-order valence-corrected chi connectivity index (χ4v) is 2.77. The van der Waals surface area contributed by atoms with E-state index in [1.54, 1.807) is 19.2 Å². The van der Waals surface area contributed by atoms with E-state index in [4.69, 9.17) is 4.74 Å². The Balaban J connectivity index is 2.19. The molecule has 0 spiro atoms. The van der Waals surface area contributed by atoms with Gasteiger partial charge < -0.3 is 15.0 Å². The van der Waals surface area contributed by atoms with Gasteiger partial charge in [0, 0.05) is 31.9 Å². The van der Waals surface area contributed by atoms with Gasteiger partial charge in [-0.2, -0.15) is 0 Å². The van der Waals surface area contributed by atoms with E-state index in [-0.39, 0.29) is 18.0 Å². The molecule has 20 heavy (non-hydrogen) atoms. The molecule has 0 aromatic heterocycles. The van der Waals surface area contributed by atoms with Crippen LogP contribution in [0, 0.1) is 5.82 Å². The topological polar surface area (TPSA) is 24.5 Å². The van der Waals surface area contributed by atoms with E-state index in [1.807, 2.05) is 6.07 Å². The number of hydrogen-bond donors (Lipinski definition) is 1. The smallest absolute Gasteiger partial charge is 0.123 e. The Bertz CT molecular complexity index is 438. The number of nitrogens with zero attached hydrogens (tertiary/aromatic N) is 1. The average molecular weight is 280 g/mol. The molecule has 1 aliphatic heterocycles. The van der Waals surface area contributed by atoms with Gasteiger partial charge in [0.2, 0.25) is 0 Å². The second-order valence-electron chi connectivity index (χ2n) is 5.47.